The Balaban J connectivity index is 2.76. The number of alkyl halides is 3. The number of hydrogen-bond acceptors (Lipinski definition) is 4. The Hall–Kier alpha value is -1.06. The van der Waals surface area contributed by atoms with Crippen LogP contribution >= 0.6 is 0 Å². The van der Waals surface area contributed by atoms with Crippen molar-refractivity contribution < 1.29 is 30.2 Å². The molecular formula is C14H21F3O4SSi. The van der Waals surface area contributed by atoms with E-state index in [1.165, 1.54) is 24.3 Å². The van der Waals surface area contributed by atoms with E-state index >= 15 is 0 Å². The molecule has 0 aliphatic heterocycles. The molecule has 4 nitrogen and oxygen atoms in total. The Morgan fingerprint density at radius 1 is 1.04 bits per heavy atom. The molecule has 0 amide bonds. The molecule has 0 aromatic heterocycles. The van der Waals surface area contributed by atoms with E-state index in [9.17, 15) is 21.6 Å². The van der Waals surface area contributed by atoms with Crippen LogP contribution in [0.4, 0.5) is 13.2 Å². The SMILES string of the molecule is CC(C)(C)[Si](C)(C)OCc1ccc(OS(=O)(=O)C(F)(F)F)cc1. The van der Waals surface area contributed by atoms with Gasteiger partial charge in [0.1, 0.15) is 5.75 Å². The summed E-state index contributed by atoms with van der Waals surface area (Å²) in [5, 5.41) is 0.0385. The average molecular weight is 370 g/mol. The predicted octanol–water partition coefficient (Wildman–Crippen LogP) is 4.44. The van der Waals surface area contributed by atoms with Gasteiger partial charge >= 0.3 is 15.6 Å². The maximum atomic E-state index is 12.2. The third-order valence-electron chi connectivity index (χ3n) is 3.82. The topological polar surface area (TPSA) is 52.6 Å². The number of hydrogen-bond donors (Lipinski definition) is 0. The molecule has 0 aliphatic rings. The molecule has 0 radical (unpaired) electrons. The molecule has 132 valence electrons. The molecule has 1 aromatic carbocycles. The van der Waals surface area contributed by atoms with Gasteiger partial charge in [-0.1, -0.05) is 32.9 Å². The highest BCUT2D eigenvalue weighted by atomic mass is 32.2. The van der Waals surface area contributed by atoms with Crippen LogP contribution in [0.25, 0.3) is 0 Å². The van der Waals surface area contributed by atoms with E-state index < -0.39 is 29.7 Å². The molecule has 0 spiro atoms. The Morgan fingerprint density at radius 2 is 1.52 bits per heavy atom. The van der Waals surface area contributed by atoms with Crippen LogP contribution in [0.1, 0.15) is 26.3 Å². The first-order valence-corrected chi connectivity index (χ1v) is 11.2. The third-order valence-corrected chi connectivity index (χ3v) is 9.28. The summed E-state index contributed by atoms with van der Waals surface area (Å²) in [6.45, 7) is 10.8. The fourth-order valence-corrected chi connectivity index (χ4v) is 2.71. The highest BCUT2D eigenvalue weighted by molar-refractivity contribution is 7.88. The van der Waals surface area contributed by atoms with Gasteiger partial charge in [0.05, 0.1) is 6.61 Å². The fourth-order valence-electron chi connectivity index (χ4n) is 1.30. The largest absolute Gasteiger partial charge is 0.534 e. The molecule has 0 saturated heterocycles. The Morgan fingerprint density at radius 3 is 1.91 bits per heavy atom. The molecule has 0 atom stereocenters. The highest BCUT2D eigenvalue weighted by Gasteiger charge is 2.48. The van der Waals surface area contributed by atoms with Gasteiger partial charge < -0.3 is 8.61 Å². The highest BCUT2D eigenvalue weighted by Crippen LogP contribution is 2.37. The quantitative estimate of drug-likeness (QED) is 0.437. The average Bonchev–Trinajstić information content (AvgIpc) is 2.35. The summed E-state index contributed by atoms with van der Waals surface area (Å²) >= 11 is 0. The van der Waals surface area contributed by atoms with Crippen molar-refractivity contribution in [3.05, 3.63) is 29.8 Å². The molecule has 0 bridgehead atoms. The number of rotatable bonds is 5. The van der Waals surface area contributed by atoms with Crippen LogP contribution in [0.3, 0.4) is 0 Å². The van der Waals surface area contributed by atoms with Crippen LogP contribution in [0, 0.1) is 0 Å². The van der Waals surface area contributed by atoms with Gasteiger partial charge in [0.25, 0.3) is 0 Å². The molecule has 23 heavy (non-hydrogen) atoms. The second-order valence-corrected chi connectivity index (χ2v) is 13.0. The lowest BCUT2D eigenvalue weighted by molar-refractivity contribution is -0.0500. The van der Waals surface area contributed by atoms with Gasteiger partial charge in [-0.05, 0) is 35.8 Å². The van der Waals surface area contributed by atoms with E-state index in [2.05, 4.69) is 38.0 Å². The summed E-state index contributed by atoms with van der Waals surface area (Å²) in [6.07, 6.45) is 0. The van der Waals surface area contributed by atoms with E-state index in [0.717, 1.165) is 5.56 Å². The first-order valence-electron chi connectivity index (χ1n) is 6.89. The lowest BCUT2D eigenvalue weighted by Gasteiger charge is -2.36. The maximum absolute atomic E-state index is 12.2. The van der Waals surface area contributed by atoms with E-state index in [4.69, 9.17) is 4.43 Å². The molecule has 9 heteroatoms. The second kappa shape index (κ2) is 6.44. The minimum Gasteiger partial charge on any atom is -0.413 e. The van der Waals surface area contributed by atoms with Crippen molar-refractivity contribution in [2.75, 3.05) is 0 Å². The van der Waals surface area contributed by atoms with Crippen LogP contribution in [-0.4, -0.2) is 22.2 Å². The summed E-state index contributed by atoms with van der Waals surface area (Å²) in [7, 11) is -7.58. The van der Waals surface area contributed by atoms with Gasteiger partial charge in [-0.25, -0.2) is 0 Å². The molecule has 0 saturated carbocycles. The maximum Gasteiger partial charge on any atom is 0.534 e. The van der Waals surface area contributed by atoms with E-state index in [1.54, 1.807) is 0 Å². The molecular weight excluding hydrogens is 349 g/mol. The second-order valence-electron chi connectivity index (χ2n) is 6.68. The van der Waals surface area contributed by atoms with E-state index in [-0.39, 0.29) is 5.04 Å². The first kappa shape index (κ1) is 20.0. The smallest absolute Gasteiger partial charge is 0.413 e. The standard InChI is InChI=1S/C14H21F3O4SSi/c1-13(2,3)23(4,5)20-10-11-6-8-12(9-7-11)21-22(18,19)14(15,16)17/h6-9H,10H2,1-5H3. The molecule has 0 heterocycles. The molecule has 1 aromatic rings. The molecule has 0 unspecified atom stereocenters. The van der Waals surface area contributed by atoms with Gasteiger partial charge in [0.15, 0.2) is 8.32 Å². The van der Waals surface area contributed by atoms with Crippen LogP contribution in [0.15, 0.2) is 24.3 Å². The van der Waals surface area contributed by atoms with E-state index in [0.29, 0.717) is 6.61 Å². The monoisotopic (exact) mass is 370 g/mol. The van der Waals surface area contributed by atoms with Crippen molar-refractivity contribution in [2.24, 2.45) is 0 Å². The first-order chi connectivity index (χ1) is 10.2. The Kier molecular flexibility index (Phi) is 5.60. The van der Waals surface area contributed by atoms with Gasteiger partial charge in [0, 0.05) is 0 Å². The molecule has 0 aliphatic carbocycles. The fraction of sp³-hybridized carbons (Fsp3) is 0.571. The van der Waals surface area contributed by atoms with Crippen LogP contribution in [-0.2, 0) is 21.2 Å². The van der Waals surface area contributed by atoms with Crippen molar-refractivity contribution >= 4 is 18.4 Å². The van der Waals surface area contributed by atoms with Crippen molar-refractivity contribution in [3.63, 3.8) is 0 Å². The lowest BCUT2D eigenvalue weighted by Crippen LogP contribution is -2.40. The molecule has 0 fully saturated rings. The third kappa shape index (κ3) is 5.22. The Labute approximate surface area is 135 Å². The lowest BCUT2D eigenvalue weighted by atomic mass is 10.2. The zero-order valence-electron chi connectivity index (χ0n) is 13.7. The van der Waals surface area contributed by atoms with Crippen LogP contribution in [0.2, 0.25) is 18.1 Å². The predicted molar refractivity (Wildman–Crippen MR) is 84.0 cm³/mol. The van der Waals surface area contributed by atoms with Gasteiger partial charge in [-0.3, -0.25) is 0 Å². The van der Waals surface area contributed by atoms with Gasteiger partial charge in [-0.15, -0.1) is 0 Å². The van der Waals surface area contributed by atoms with Crippen molar-refractivity contribution in [1.29, 1.82) is 0 Å². The van der Waals surface area contributed by atoms with Crippen LogP contribution < -0.4 is 4.18 Å². The molecule has 1 rings (SSSR count). The normalized spacial score (nSPS) is 13.9. The minimum absolute atomic E-state index is 0.0385. The number of benzene rings is 1. The summed E-state index contributed by atoms with van der Waals surface area (Å²) in [6, 6.07) is 5.31. The van der Waals surface area contributed by atoms with Crippen LogP contribution in [0.5, 0.6) is 5.75 Å². The zero-order valence-corrected chi connectivity index (χ0v) is 15.5. The summed E-state index contributed by atoms with van der Waals surface area (Å²) in [5.41, 5.74) is -4.72. The minimum atomic E-state index is -5.64. The van der Waals surface area contributed by atoms with Gasteiger partial charge in [0.2, 0.25) is 0 Å². The molecule has 0 N–H and O–H groups in total. The van der Waals surface area contributed by atoms with Crippen molar-refractivity contribution in [3.8, 4) is 5.75 Å². The van der Waals surface area contributed by atoms with Crippen molar-refractivity contribution in [2.45, 2.75) is 51.0 Å². The Bertz CT molecular complexity index is 631. The summed E-state index contributed by atoms with van der Waals surface area (Å²) in [5.74, 6) is -0.390. The number of halogens is 3. The van der Waals surface area contributed by atoms with E-state index in [1.807, 2.05) is 0 Å². The van der Waals surface area contributed by atoms with Crippen molar-refractivity contribution in [1.82, 2.24) is 0 Å². The van der Waals surface area contributed by atoms with Gasteiger partial charge in [-0.2, -0.15) is 21.6 Å². The summed E-state index contributed by atoms with van der Waals surface area (Å²) in [4.78, 5) is 0. The zero-order chi connectivity index (χ0) is 18.1. The summed E-state index contributed by atoms with van der Waals surface area (Å²) < 4.78 is 68.5.